The summed E-state index contributed by atoms with van der Waals surface area (Å²) in [7, 11) is 4.79. The SMILES string of the molecule is COCC(=O)N(Cc1cc(OC)ccc1OC)C1CC1. The van der Waals surface area contributed by atoms with Crippen LogP contribution in [0.4, 0.5) is 0 Å². The van der Waals surface area contributed by atoms with Gasteiger partial charge in [-0.05, 0) is 31.0 Å². The second-order valence-corrected chi connectivity index (χ2v) is 4.86. The molecule has 1 aromatic carbocycles. The van der Waals surface area contributed by atoms with Gasteiger partial charge in [-0.15, -0.1) is 0 Å². The maximum absolute atomic E-state index is 12.1. The predicted octanol–water partition coefficient (Wildman–Crippen LogP) is 1.84. The van der Waals surface area contributed by atoms with Crippen LogP contribution in [0.2, 0.25) is 0 Å². The third kappa shape index (κ3) is 3.42. The highest BCUT2D eigenvalue weighted by molar-refractivity contribution is 5.78. The third-order valence-electron chi connectivity index (χ3n) is 3.40. The minimum atomic E-state index is 0.0138. The summed E-state index contributed by atoms with van der Waals surface area (Å²) in [5.41, 5.74) is 0.947. The Morgan fingerprint density at radius 2 is 2.00 bits per heavy atom. The van der Waals surface area contributed by atoms with Crippen molar-refractivity contribution >= 4 is 5.91 Å². The van der Waals surface area contributed by atoms with Gasteiger partial charge in [0.1, 0.15) is 18.1 Å². The van der Waals surface area contributed by atoms with Crippen LogP contribution in [-0.2, 0) is 16.1 Å². The number of carbonyl (C=O) groups is 1. The first-order valence-corrected chi connectivity index (χ1v) is 6.69. The van der Waals surface area contributed by atoms with Crippen molar-refractivity contribution in [3.8, 4) is 11.5 Å². The van der Waals surface area contributed by atoms with E-state index < -0.39 is 0 Å². The fraction of sp³-hybridized carbons (Fsp3) is 0.533. The van der Waals surface area contributed by atoms with Gasteiger partial charge in [-0.1, -0.05) is 0 Å². The van der Waals surface area contributed by atoms with Crippen molar-refractivity contribution in [2.45, 2.75) is 25.4 Å². The van der Waals surface area contributed by atoms with Crippen LogP contribution in [0.5, 0.6) is 11.5 Å². The van der Waals surface area contributed by atoms with E-state index in [0.29, 0.717) is 12.6 Å². The summed E-state index contributed by atoms with van der Waals surface area (Å²) in [6.07, 6.45) is 2.11. The van der Waals surface area contributed by atoms with Crippen LogP contribution in [-0.4, -0.2) is 44.8 Å². The van der Waals surface area contributed by atoms with Crippen LogP contribution in [0.1, 0.15) is 18.4 Å². The van der Waals surface area contributed by atoms with E-state index in [-0.39, 0.29) is 12.5 Å². The van der Waals surface area contributed by atoms with Crippen LogP contribution in [0.25, 0.3) is 0 Å². The summed E-state index contributed by atoms with van der Waals surface area (Å²) < 4.78 is 15.6. The van der Waals surface area contributed by atoms with Crippen LogP contribution < -0.4 is 9.47 Å². The lowest BCUT2D eigenvalue weighted by Gasteiger charge is -2.23. The highest BCUT2D eigenvalue weighted by Gasteiger charge is 2.32. The first kappa shape index (κ1) is 14.7. The summed E-state index contributed by atoms with van der Waals surface area (Å²) in [5, 5.41) is 0. The largest absolute Gasteiger partial charge is 0.497 e. The van der Waals surface area contributed by atoms with E-state index in [1.165, 1.54) is 7.11 Å². The lowest BCUT2D eigenvalue weighted by atomic mass is 10.1. The monoisotopic (exact) mass is 279 g/mol. The Morgan fingerprint density at radius 1 is 1.25 bits per heavy atom. The average molecular weight is 279 g/mol. The Morgan fingerprint density at radius 3 is 2.55 bits per heavy atom. The first-order valence-electron chi connectivity index (χ1n) is 6.69. The standard InChI is InChI=1S/C15H21NO4/c1-18-10-15(17)16(12-4-5-12)9-11-8-13(19-2)6-7-14(11)20-3/h6-8,12H,4-5,9-10H2,1-3H3. The lowest BCUT2D eigenvalue weighted by Crippen LogP contribution is -2.35. The molecule has 0 radical (unpaired) electrons. The zero-order valence-electron chi connectivity index (χ0n) is 12.2. The summed E-state index contributed by atoms with van der Waals surface area (Å²) in [6, 6.07) is 5.95. The molecule has 0 unspecified atom stereocenters. The van der Waals surface area contributed by atoms with Crippen LogP contribution in [0.3, 0.4) is 0 Å². The smallest absolute Gasteiger partial charge is 0.249 e. The van der Waals surface area contributed by atoms with Gasteiger partial charge in [0.2, 0.25) is 5.91 Å². The Kier molecular flexibility index (Phi) is 4.84. The van der Waals surface area contributed by atoms with Gasteiger partial charge in [-0.25, -0.2) is 0 Å². The van der Waals surface area contributed by atoms with Crippen LogP contribution >= 0.6 is 0 Å². The Bertz CT molecular complexity index is 471. The minimum absolute atomic E-state index is 0.0138. The number of nitrogens with zero attached hydrogens (tertiary/aromatic N) is 1. The van der Waals surface area contributed by atoms with E-state index >= 15 is 0 Å². The topological polar surface area (TPSA) is 48.0 Å². The first-order chi connectivity index (χ1) is 9.69. The second-order valence-electron chi connectivity index (χ2n) is 4.86. The molecular formula is C15H21NO4. The molecule has 1 saturated carbocycles. The maximum atomic E-state index is 12.1. The van der Waals surface area contributed by atoms with Crippen molar-refractivity contribution in [2.24, 2.45) is 0 Å². The Hall–Kier alpha value is -1.75. The summed E-state index contributed by atoms with van der Waals surface area (Å²) in [4.78, 5) is 14.0. The quantitative estimate of drug-likeness (QED) is 0.764. The van der Waals surface area contributed by atoms with Crippen molar-refractivity contribution in [2.75, 3.05) is 27.9 Å². The third-order valence-corrected chi connectivity index (χ3v) is 3.40. The normalized spacial score (nSPS) is 13.9. The number of amides is 1. The van der Waals surface area contributed by atoms with E-state index in [4.69, 9.17) is 14.2 Å². The number of benzene rings is 1. The minimum Gasteiger partial charge on any atom is -0.497 e. The van der Waals surface area contributed by atoms with Gasteiger partial charge in [-0.2, -0.15) is 0 Å². The summed E-state index contributed by atoms with van der Waals surface area (Å²) in [6.45, 7) is 0.635. The molecule has 110 valence electrons. The van der Waals surface area contributed by atoms with Crippen molar-refractivity contribution in [3.05, 3.63) is 23.8 Å². The molecule has 0 aromatic heterocycles. The van der Waals surface area contributed by atoms with Crippen LogP contribution in [0, 0.1) is 0 Å². The fourth-order valence-electron chi connectivity index (χ4n) is 2.20. The zero-order chi connectivity index (χ0) is 14.5. The van der Waals surface area contributed by atoms with E-state index in [1.807, 2.05) is 23.1 Å². The molecule has 0 heterocycles. The molecule has 1 aromatic rings. The Labute approximate surface area is 119 Å². The number of methoxy groups -OCH3 is 3. The van der Waals surface area contributed by atoms with E-state index in [1.54, 1.807) is 14.2 Å². The molecule has 1 amide bonds. The number of hydrogen-bond acceptors (Lipinski definition) is 4. The van der Waals surface area contributed by atoms with Gasteiger partial charge in [0.25, 0.3) is 0 Å². The molecule has 1 aliphatic carbocycles. The molecule has 0 aliphatic heterocycles. The summed E-state index contributed by atoms with van der Waals surface area (Å²) >= 11 is 0. The zero-order valence-corrected chi connectivity index (χ0v) is 12.2. The molecule has 1 fully saturated rings. The maximum Gasteiger partial charge on any atom is 0.249 e. The molecule has 5 nitrogen and oxygen atoms in total. The molecule has 0 saturated heterocycles. The molecule has 0 N–H and O–H groups in total. The average Bonchev–Trinajstić information content (AvgIpc) is 3.29. The van der Waals surface area contributed by atoms with Gasteiger partial charge >= 0.3 is 0 Å². The van der Waals surface area contributed by atoms with Crippen molar-refractivity contribution in [1.29, 1.82) is 0 Å². The molecule has 2 rings (SSSR count). The molecule has 1 aliphatic rings. The van der Waals surface area contributed by atoms with Gasteiger partial charge in [0.15, 0.2) is 0 Å². The Balaban J connectivity index is 2.18. The predicted molar refractivity (Wildman–Crippen MR) is 75.0 cm³/mol. The van der Waals surface area contributed by atoms with Crippen molar-refractivity contribution < 1.29 is 19.0 Å². The molecule has 0 spiro atoms. The van der Waals surface area contributed by atoms with Crippen molar-refractivity contribution in [3.63, 3.8) is 0 Å². The van der Waals surface area contributed by atoms with E-state index in [0.717, 1.165) is 29.9 Å². The molecule has 0 bridgehead atoms. The van der Waals surface area contributed by atoms with E-state index in [9.17, 15) is 4.79 Å². The number of carbonyl (C=O) groups excluding carboxylic acids is 1. The van der Waals surface area contributed by atoms with Gasteiger partial charge in [0, 0.05) is 25.3 Å². The number of rotatable bonds is 7. The highest BCUT2D eigenvalue weighted by Crippen LogP contribution is 2.32. The highest BCUT2D eigenvalue weighted by atomic mass is 16.5. The molecular weight excluding hydrogens is 258 g/mol. The van der Waals surface area contributed by atoms with Crippen molar-refractivity contribution in [1.82, 2.24) is 4.90 Å². The van der Waals surface area contributed by atoms with Gasteiger partial charge < -0.3 is 19.1 Å². The van der Waals surface area contributed by atoms with Gasteiger partial charge in [-0.3, -0.25) is 4.79 Å². The van der Waals surface area contributed by atoms with Crippen LogP contribution in [0.15, 0.2) is 18.2 Å². The number of ether oxygens (including phenoxy) is 3. The molecule has 0 atom stereocenters. The lowest BCUT2D eigenvalue weighted by molar-refractivity contribution is -0.136. The van der Waals surface area contributed by atoms with Gasteiger partial charge in [0.05, 0.1) is 14.2 Å². The summed E-state index contributed by atoms with van der Waals surface area (Å²) in [5.74, 6) is 1.54. The fourth-order valence-corrected chi connectivity index (χ4v) is 2.20. The molecule has 5 heteroatoms. The van der Waals surface area contributed by atoms with E-state index in [2.05, 4.69) is 0 Å². The molecule has 20 heavy (non-hydrogen) atoms. The number of hydrogen-bond donors (Lipinski definition) is 0. The second kappa shape index (κ2) is 6.61.